The van der Waals surface area contributed by atoms with Crippen LogP contribution < -0.4 is 0 Å². The first-order valence-electron chi connectivity index (χ1n) is 5.81. The fourth-order valence-electron chi connectivity index (χ4n) is 2.07. The summed E-state index contributed by atoms with van der Waals surface area (Å²) in [5, 5.41) is 0. The van der Waals surface area contributed by atoms with Crippen LogP contribution in [0.1, 0.15) is 35.2 Å². The van der Waals surface area contributed by atoms with Gasteiger partial charge in [-0.3, -0.25) is 0 Å². The molecule has 0 aliphatic carbocycles. The van der Waals surface area contributed by atoms with Crippen molar-refractivity contribution >= 4 is 47.8 Å². The van der Waals surface area contributed by atoms with Crippen molar-refractivity contribution in [1.82, 2.24) is 0 Å². The third-order valence-corrected chi connectivity index (χ3v) is 5.74. The Hall–Kier alpha value is 0.620. The Labute approximate surface area is 128 Å². The van der Waals surface area contributed by atoms with Gasteiger partial charge in [-0.25, -0.2) is 0 Å². The zero-order valence-electron chi connectivity index (χ0n) is 9.68. The van der Waals surface area contributed by atoms with E-state index >= 15 is 0 Å². The molecule has 0 amide bonds. The molecule has 1 aromatic rings. The van der Waals surface area contributed by atoms with E-state index in [1.807, 2.05) is 0 Å². The summed E-state index contributed by atoms with van der Waals surface area (Å²) in [5.41, 5.74) is 2.50. The van der Waals surface area contributed by atoms with E-state index in [4.69, 9.17) is 4.74 Å². The Bertz CT molecular complexity index is 400. The monoisotopic (exact) mass is 424 g/mol. The maximum atomic E-state index is 5.84. The molecule has 17 heavy (non-hydrogen) atoms. The summed E-state index contributed by atoms with van der Waals surface area (Å²) in [5.74, 6) is 0. The highest BCUT2D eigenvalue weighted by atomic mass is 79.9. The number of hydrogen-bond donors (Lipinski definition) is 0. The highest BCUT2D eigenvalue weighted by Crippen LogP contribution is 2.39. The lowest BCUT2D eigenvalue weighted by atomic mass is 10.0. The van der Waals surface area contributed by atoms with Crippen molar-refractivity contribution in [3.05, 3.63) is 32.2 Å². The van der Waals surface area contributed by atoms with E-state index in [0.29, 0.717) is 0 Å². The van der Waals surface area contributed by atoms with Crippen LogP contribution in [0.4, 0.5) is 0 Å². The first kappa shape index (κ1) is 14.0. The van der Waals surface area contributed by atoms with Crippen molar-refractivity contribution in [1.29, 1.82) is 0 Å². The van der Waals surface area contributed by atoms with Gasteiger partial charge >= 0.3 is 0 Å². The number of hydrogen-bond acceptors (Lipinski definition) is 1. The highest BCUT2D eigenvalue weighted by Gasteiger charge is 2.25. The molecule has 1 aliphatic rings. The third kappa shape index (κ3) is 3.34. The molecule has 0 aromatic heterocycles. The number of rotatable bonds is 2. The normalized spacial score (nSPS) is 22.5. The van der Waals surface area contributed by atoms with Crippen LogP contribution in [-0.2, 0) is 4.74 Å². The predicted molar refractivity (Wildman–Crippen MR) is 81.8 cm³/mol. The van der Waals surface area contributed by atoms with E-state index in [0.717, 1.165) is 22.0 Å². The molecule has 2 rings (SSSR count). The molecular weight excluding hydrogens is 412 g/mol. The summed E-state index contributed by atoms with van der Waals surface area (Å²) in [6.07, 6.45) is 3.87. The standard InChI is InChI=1S/C13H15Br3O/c1-8-6-11(15)9(7-10(8)14)13(16)12-4-2-3-5-17-12/h6-7,12-13H,2-5H2,1H3. The van der Waals surface area contributed by atoms with E-state index in [9.17, 15) is 0 Å². The van der Waals surface area contributed by atoms with Crippen LogP contribution >= 0.6 is 47.8 Å². The smallest absolute Gasteiger partial charge is 0.0741 e. The lowest BCUT2D eigenvalue weighted by molar-refractivity contribution is 0.0159. The minimum Gasteiger partial charge on any atom is -0.377 e. The van der Waals surface area contributed by atoms with Gasteiger partial charge in [-0.2, -0.15) is 0 Å². The minimum absolute atomic E-state index is 0.258. The summed E-state index contributed by atoms with van der Waals surface area (Å²) < 4.78 is 8.13. The number of aryl methyl sites for hydroxylation is 1. The average Bonchev–Trinajstić information content (AvgIpc) is 2.34. The van der Waals surface area contributed by atoms with Gasteiger partial charge in [-0.05, 0) is 49.4 Å². The topological polar surface area (TPSA) is 9.23 Å². The fourth-order valence-corrected chi connectivity index (χ4v) is 4.24. The van der Waals surface area contributed by atoms with E-state index < -0.39 is 0 Å². The zero-order chi connectivity index (χ0) is 12.4. The molecule has 0 N–H and O–H groups in total. The van der Waals surface area contributed by atoms with Gasteiger partial charge in [-0.15, -0.1) is 0 Å². The van der Waals surface area contributed by atoms with Gasteiger partial charge in [-0.1, -0.05) is 47.8 Å². The van der Waals surface area contributed by atoms with Gasteiger partial charge in [0.1, 0.15) is 0 Å². The van der Waals surface area contributed by atoms with E-state index in [1.54, 1.807) is 0 Å². The van der Waals surface area contributed by atoms with E-state index in [1.165, 1.54) is 24.0 Å². The molecule has 0 bridgehead atoms. The summed E-state index contributed by atoms with van der Waals surface area (Å²) in [7, 11) is 0. The van der Waals surface area contributed by atoms with Crippen molar-refractivity contribution in [2.24, 2.45) is 0 Å². The first-order chi connectivity index (χ1) is 8.09. The molecule has 1 heterocycles. The minimum atomic E-state index is 0.258. The van der Waals surface area contributed by atoms with Gasteiger partial charge < -0.3 is 4.74 Å². The molecule has 1 nitrogen and oxygen atoms in total. The lowest BCUT2D eigenvalue weighted by Gasteiger charge is -2.28. The Kier molecular flexibility index (Phi) is 5.10. The van der Waals surface area contributed by atoms with Crippen LogP contribution in [0.15, 0.2) is 21.1 Å². The molecule has 94 valence electrons. The summed E-state index contributed by atoms with van der Waals surface area (Å²) in [6, 6.07) is 4.33. The zero-order valence-corrected chi connectivity index (χ0v) is 14.4. The molecule has 1 aliphatic heterocycles. The SMILES string of the molecule is Cc1cc(Br)c(C(Br)C2CCCCO2)cc1Br. The Morgan fingerprint density at radius 2 is 2.00 bits per heavy atom. The van der Waals surface area contributed by atoms with Crippen LogP contribution in [0.5, 0.6) is 0 Å². The second kappa shape index (κ2) is 6.18. The Morgan fingerprint density at radius 1 is 1.24 bits per heavy atom. The molecule has 1 fully saturated rings. The van der Waals surface area contributed by atoms with Gasteiger partial charge in [0.25, 0.3) is 0 Å². The van der Waals surface area contributed by atoms with Crippen molar-refractivity contribution in [2.45, 2.75) is 37.1 Å². The number of alkyl halides is 1. The summed E-state index contributed by atoms with van der Waals surface area (Å²) >= 11 is 11.0. The van der Waals surface area contributed by atoms with Crippen LogP contribution in [-0.4, -0.2) is 12.7 Å². The van der Waals surface area contributed by atoms with Gasteiger partial charge in [0, 0.05) is 15.6 Å². The second-order valence-corrected chi connectivity index (χ2v) is 7.12. The molecule has 0 radical (unpaired) electrons. The third-order valence-electron chi connectivity index (χ3n) is 3.12. The Balaban J connectivity index is 2.23. The van der Waals surface area contributed by atoms with Crippen LogP contribution in [0.25, 0.3) is 0 Å². The largest absolute Gasteiger partial charge is 0.377 e. The first-order valence-corrected chi connectivity index (χ1v) is 8.31. The van der Waals surface area contributed by atoms with Crippen LogP contribution in [0.2, 0.25) is 0 Å². The van der Waals surface area contributed by atoms with Gasteiger partial charge in [0.05, 0.1) is 10.9 Å². The molecule has 2 unspecified atom stereocenters. The summed E-state index contributed by atoms with van der Waals surface area (Å²) in [6.45, 7) is 2.98. The number of benzene rings is 1. The molecule has 1 saturated heterocycles. The number of halogens is 3. The molecule has 0 saturated carbocycles. The molecule has 4 heteroatoms. The van der Waals surface area contributed by atoms with E-state index in [-0.39, 0.29) is 10.9 Å². The van der Waals surface area contributed by atoms with Crippen molar-refractivity contribution in [2.75, 3.05) is 6.61 Å². The van der Waals surface area contributed by atoms with Crippen molar-refractivity contribution in [3.8, 4) is 0 Å². The van der Waals surface area contributed by atoms with E-state index in [2.05, 4.69) is 66.8 Å². The van der Waals surface area contributed by atoms with Crippen LogP contribution in [0, 0.1) is 6.92 Å². The van der Waals surface area contributed by atoms with Gasteiger partial charge in [0.15, 0.2) is 0 Å². The highest BCUT2D eigenvalue weighted by molar-refractivity contribution is 9.11. The fraction of sp³-hybridized carbons (Fsp3) is 0.538. The van der Waals surface area contributed by atoms with Crippen molar-refractivity contribution in [3.63, 3.8) is 0 Å². The molecule has 2 atom stereocenters. The quantitative estimate of drug-likeness (QED) is 0.565. The lowest BCUT2D eigenvalue weighted by Crippen LogP contribution is -2.23. The van der Waals surface area contributed by atoms with Gasteiger partial charge in [0.2, 0.25) is 0 Å². The molecular formula is C13H15Br3O. The average molecular weight is 427 g/mol. The summed E-state index contributed by atoms with van der Waals surface area (Å²) in [4.78, 5) is 0.258. The predicted octanol–water partition coefficient (Wildman–Crippen LogP) is 5.53. The van der Waals surface area contributed by atoms with Crippen LogP contribution in [0.3, 0.4) is 0 Å². The Morgan fingerprint density at radius 3 is 2.65 bits per heavy atom. The molecule has 0 spiro atoms. The number of ether oxygens (including phenoxy) is 1. The second-order valence-electron chi connectivity index (χ2n) is 4.43. The van der Waals surface area contributed by atoms with Crippen molar-refractivity contribution < 1.29 is 4.74 Å². The maximum Gasteiger partial charge on any atom is 0.0741 e. The molecule has 1 aromatic carbocycles. The maximum absolute atomic E-state index is 5.84.